The maximum atomic E-state index is 4.90. The summed E-state index contributed by atoms with van der Waals surface area (Å²) in [5.74, 6) is 0. The van der Waals surface area contributed by atoms with Crippen LogP contribution in [-0.2, 0) is 4.87 Å². The van der Waals surface area contributed by atoms with Crippen LogP contribution in [0.1, 0.15) is 12.0 Å². The lowest BCUT2D eigenvalue weighted by molar-refractivity contribution is 0.223. The Kier molecular flexibility index (Phi) is 5.51. The second-order valence-electron chi connectivity index (χ2n) is 4.77. The Labute approximate surface area is 119 Å². The van der Waals surface area contributed by atoms with E-state index in [9.17, 15) is 0 Å². The van der Waals surface area contributed by atoms with E-state index in [1.165, 1.54) is 5.56 Å². The van der Waals surface area contributed by atoms with E-state index in [0.717, 1.165) is 17.4 Å². The topological polar surface area (TPSA) is 6.48 Å². The van der Waals surface area contributed by atoms with Crippen LogP contribution < -0.4 is 0 Å². The van der Waals surface area contributed by atoms with E-state index in [0.29, 0.717) is 0 Å². The lowest BCUT2D eigenvalue weighted by atomic mass is 10.0. The van der Waals surface area contributed by atoms with E-state index in [4.69, 9.17) is 12.6 Å². The molecule has 2 nitrogen and oxygen atoms in total. The van der Waals surface area contributed by atoms with Gasteiger partial charge in [-0.3, -0.25) is 4.90 Å². The minimum atomic E-state index is -0.217. The molecule has 4 heteroatoms. The van der Waals surface area contributed by atoms with Crippen LogP contribution in [0.2, 0.25) is 0 Å². The van der Waals surface area contributed by atoms with Crippen molar-refractivity contribution in [3.63, 3.8) is 0 Å². The third-order valence-corrected chi connectivity index (χ3v) is 4.36. The number of rotatable bonds is 5. The molecular formula is C13H21BrN2S. The predicted octanol–water partition coefficient (Wildman–Crippen LogP) is 3.05. The van der Waals surface area contributed by atoms with E-state index in [2.05, 4.69) is 78.2 Å². The molecule has 0 radical (unpaired) electrons. The molecule has 0 aliphatic heterocycles. The Morgan fingerprint density at radius 3 is 2.06 bits per heavy atom. The standard InChI is InChI=1S/C13H21BrN2S/c1-15(2)10-9-13(17,16(3)4)11-5-7-12(14)8-6-11/h5-8,17H,9-10H2,1-4H3. The molecule has 96 valence electrons. The molecule has 1 rings (SSSR count). The maximum absolute atomic E-state index is 4.90. The van der Waals surface area contributed by atoms with Gasteiger partial charge in [0.1, 0.15) is 0 Å². The van der Waals surface area contributed by atoms with Gasteiger partial charge in [-0.25, -0.2) is 0 Å². The van der Waals surface area contributed by atoms with Crippen LogP contribution in [-0.4, -0.2) is 44.5 Å². The first kappa shape index (κ1) is 15.0. The molecular weight excluding hydrogens is 296 g/mol. The smallest absolute Gasteiger partial charge is 0.0904 e. The Hall–Kier alpha value is -0.0300. The van der Waals surface area contributed by atoms with Gasteiger partial charge in [0.25, 0.3) is 0 Å². The largest absolute Gasteiger partial charge is 0.309 e. The van der Waals surface area contributed by atoms with Crippen molar-refractivity contribution in [2.24, 2.45) is 0 Å². The van der Waals surface area contributed by atoms with Gasteiger partial charge in [-0.15, -0.1) is 0 Å². The molecule has 0 bridgehead atoms. The summed E-state index contributed by atoms with van der Waals surface area (Å²) in [7, 11) is 8.33. The molecule has 0 heterocycles. The summed E-state index contributed by atoms with van der Waals surface area (Å²) in [6.45, 7) is 1.01. The molecule has 1 aromatic carbocycles. The summed E-state index contributed by atoms with van der Waals surface area (Å²) < 4.78 is 1.10. The zero-order valence-electron chi connectivity index (χ0n) is 10.9. The van der Waals surface area contributed by atoms with Gasteiger partial charge in [-0.2, -0.15) is 12.6 Å². The van der Waals surface area contributed by atoms with Crippen LogP contribution in [0.15, 0.2) is 28.7 Å². The van der Waals surface area contributed by atoms with E-state index < -0.39 is 0 Å². The van der Waals surface area contributed by atoms with E-state index >= 15 is 0 Å². The lowest BCUT2D eigenvalue weighted by Crippen LogP contribution is -2.38. The van der Waals surface area contributed by atoms with Gasteiger partial charge in [0, 0.05) is 11.0 Å². The van der Waals surface area contributed by atoms with E-state index in [1.54, 1.807) is 0 Å². The van der Waals surface area contributed by atoms with Gasteiger partial charge >= 0.3 is 0 Å². The third kappa shape index (κ3) is 3.98. The van der Waals surface area contributed by atoms with Gasteiger partial charge in [-0.05, 0) is 52.3 Å². The van der Waals surface area contributed by atoms with Crippen molar-refractivity contribution >= 4 is 28.6 Å². The highest BCUT2D eigenvalue weighted by atomic mass is 79.9. The monoisotopic (exact) mass is 316 g/mol. The molecule has 1 aromatic rings. The number of benzene rings is 1. The quantitative estimate of drug-likeness (QED) is 0.659. The van der Waals surface area contributed by atoms with Crippen LogP contribution in [0.5, 0.6) is 0 Å². The van der Waals surface area contributed by atoms with Crippen LogP contribution in [0.25, 0.3) is 0 Å². The minimum Gasteiger partial charge on any atom is -0.309 e. The first-order valence-electron chi connectivity index (χ1n) is 5.67. The zero-order valence-corrected chi connectivity index (χ0v) is 13.4. The van der Waals surface area contributed by atoms with Gasteiger partial charge in [-0.1, -0.05) is 28.1 Å². The fourth-order valence-corrected chi connectivity index (χ4v) is 2.24. The van der Waals surface area contributed by atoms with Gasteiger partial charge in [0.05, 0.1) is 4.87 Å². The molecule has 0 aromatic heterocycles. The molecule has 0 fully saturated rings. The lowest BCUT2D eigenvalue weighted by Gasteiger charge is -2.37. The van der Waals surface area contributed by atoms with Gasteiger partial charge < -0.3 is 4.90 Å². The summed E-state index contributed by atoms with van der Waals surface area (Å²) in [4.78, 5) is 4.14. The highest BCUT2D eigenvalue weighted by molar-refractivity contribution is 9.10. The minimum absolute atomic E-state index is 0.217. The predicted molar refractivity (Wildman–Crippen MR) is 81.7 cm³/mol. The van der Waals surface area contributed by atoms with Crippen molar-refractivity contribution in [2.75, 3.05) is 34.7 Å². The maximum Gasteiger partial charge on any atom is 0.0904 e. The van der Waals surface area contributed by atoms with Gasteiger partial charge in [0.15, 0.2) is 0 Å². The number of nitrogens with zero attached hydrogens (tertiary/aromatic N) is 2. The Bertz CT molecular complexity index is 351. The summed E-state index contributed by atoms with van der Waals surface area (Å²) in [6.07, 6.45) is 0.984. The average Bonchev–Trinajstić information content (AvgIpc) is 2.26. The zero-order chi connectivity index (χ0) is 13.1. The van der Waals surface area contributed by atoms with Crippen molar-refractivity contribution in [1.29, 1.82) is 0 Å². The highest BCUT2D eigenvalue weighted by Gasteiger charge is 2.30. The van der Waals surface area contributed by atoms with Crippen LogP contribution >= 0.6 is 28.6 Å². The number of halogens is 1. The SMILES string of the molecule is CN(C)CCC(S)(c1ccc(Br)cc1)N(C)C. The molecule has 17 heavy (non-hydrogen) atoms. The van der Waals surface area contributed by atoms with Crippen molar-refractivity contribution in [3.8, 4) is 0 Å². The number of hydrogen-bond donors (Lipinski definition) is 1. The first-order chi connectivity index (χ1) is 7.86. The first-order valence-corrected chi connectivity index (χ1v) is 6.91. The van der Waals surface area contributed by atoms with Crippen LogP contribution in [0, 0.1) is 0 Å². The average molecular weight is 317 g/mol. The van der Waals surface area contributed by atoms with Gasteiger partial charge in [0.2, 0.25) is 0 Å². The Morgan fingerprint density at radius 1 is 1.12 bits per heavy atom. The molecule has 0 saturated heterocycles. The van der Waals surface area contributed by atoms with Crippen molar-refractivity contribution in [2.45, 2.75) is 11.3 Å². The fraction of sp³-hybridized carbons (Fsp3) is 0.538. The molecule has 1 unspecified atom stereocenters. The summed E-state index contributed by atoms with van der Waals surface area (Å²) in [5.41, 5.74) is 1.23. The molecule has 1 atom stereocenters. The number of thiol groups is 1. The molecule has 0 aliphatic rings. The molecule has 0 saturated carbocycles. The molecule has 0 amide bonds. The van der Waals surface area contributed by atoms with Crippen LogP contribution in [0.4, 0.5) is 0 Å². The molecule has 0 N–H and O–H groups in total. The van der Waals surface area contributed by atoms with Crippen molar-refractivity contribution in [1.82, 2.24) is 9.80 Å². The second-order valence-corrected chi connectivity index (χ2v) is 6.43. The summed E-state index contributed by atoms with van der Waals surface area (Å²) in [6, 6.07) is 8.40. The third-order valence-electron chi connectivity index (χ3n) is 2.95. The van der Waals surface area contributed by atoms with Crippen molar-refractivity contribution in [3.05, 3.63) is 34.3 Å². The van der Waals surface area contributed by atoms with Crippen molar-refractivity contribution < 1.29 is 0 Å². The Balaban J connectivity index is 2.94. The second kappa shape index (κ2) is 6.23. The fourth-order valence-electron chi connectivity index (χ4n) is 1.72. The van der Waals surface area contributed by atoms with Crippen LogP contribution in [0.3, 0.4) is 0 Å². The normalized spacial score (nSPS) is 15.3. The summed E-state index contributed by atoms with van der Waals surface area (Å²) in [5, 5.41) is 0. The highest BCUT2D eigenvalue weighted by Crippen LogP contribution is 2.35. The van der Waals surface area contributed by atoms with E-state index in [1.807, 2.05) is 0 Å². The van der Waals surface area contributed by atoms with E-state index in [-0.39, 0.29) is 4.87 Å². The molecule has 0 aliphatic carbocycles. The Morgan fingerprint density at radius 2 is 1.65 bits per heavy atom. The number of hydrogen-bond acceptors (Lipinski definition) is 3. The summed E-state index contributed by atoms with van der Waals surface area (Å²) >= 11 is 8.36. The molecule has 0 spiro atoms.